The SMILES string of the molecule is CCNC(=NCCCCSC)NC1CCN(CC(=O)NC)CC1. The molecule has 0 aromatic carbocycles. The van der Waals surface area contributed by atoms with Crippen molar-refractivity contribution in [1.82, 2.24) is 20.9 Å². The van der Waals surface area contributed by atoms with E-state index in [1.807, 2.05) is 11.8 Å². The Labute approximate surface area is 145 Å². The second-order valence-corrected chi connectivity index (χ2v) is 6.81. The van der Waals surface area contributed by atoms with Gasteiger partial charge in [0.15, 0.2) is 5.96 Å². The molecule has 3 N–H and O–H groups in total. The van der Waals surface area contributed by atoms with Crippen molar-refractivity contribution in [3.63, 3.8) is 0 Å². The highest BCUT2D eigenvalue weighted by Crippen LogP contribution is 2.09. The van der Waals surface area contributed by atoms with Crippen LogP contribution < -0.4 is 16.0 Å². The number of aliphatic imine (C=N–C) groups is 1. The minimum absolute atomic E-state index is 0.0940. The van der Waals surface area contributed by atoms with Crippen LogP contribution in [0.3, 0.4) is 0 Å². The van der Waals surface area contributed by atoms with E-state index in [0.717, 1.165) is 51.4 Å². The van der Waals surface area contributed by atoms with E-state index in [1.165, 1.54) is 12.2 Å². The standard InChI is InChI=1S/C16H33N5OS/c1-4-18-16(19-9-5-6-12-23-3)20-14-7-10-21(11-8-14)13-15(22)17-2/h14H,4-13H2,1-3H3,(H,17,22)(H2,18,19,20). The van der Waals surface area contributed by atoms with Crippen molar-refractivity contribution in [3.05, 3.63) is 0 Å². The van der Waals surface area contributed by atoms with Gasteiger partial charge in [0.1, 0.15) is 0 Å². The van der Waals surface area contributed by atoms with Crippen molar-refractivity contribution in [2.24, 2.45) is 4.99 Å². The Morgan fingerprint density at radius 1 is 1.30 bits per heavy atom. The van der Waals surface area contributed by atoms with E-state index in [4.69, 9.17) is 0 Å². The molecule has 1 aliphatic heterocycles. The van der Waals surface area contributed by atoms with Crippen molar-refractivity contribution < 1.29 is 4.79 Å². The van der Waals surface area contributed by atoms with Crippen LogP contribution in [0.2, 0.25) is 0 Å². The number of likely N-dealkylation sites (N-methyl/N-ethyl adjacent to an activating group) is 1. The number of nitrogens with one attached hydrogen (secondary N) is 3. The monoisotopic (exact) mass is 343 g/mol. The molecule has 1 aliphatic rings. The molecule has 0 saturated carbocycles. The van der Waals surface area contributed by atoms with Gasteiger partial charge in [-0.1, -0.05) is 0 Å². The first-order valence-electron chi connectivity index (χ1n) is 8.66. The summed E-state index contributed by atoms with van der Waals surface area (Å²) < 4.78 is 0. The zero-order valence-corrected chi connectivity index (χ0v) is 15.7. The first-order valence-corrected chi connectivity index (χ1v) is 10.1. The summed E-state index contributed by atoms with van der Waals surface area (Å²) in [7, 11) is 1.69. The fourth-order valence-corrected chi connectivity index (χ4v) is 3.07. The number of carbonyl (C=O) groups excluding carboxylic acids is 1. The normalized spacial score (nSPS) is 17.1. The van der Waals surface area contributed by atoms with E-state index < -0.39 is 0 Å². The quantitative estimate of drug-likeness (QED) is 0.330. The van der Waals surface area contributed by atoms with Gasteiger partial charge >= 0.3 is 0 Å². The van der Waals surface area contributed by atoms with Crippen molar-refractivity contribution in [2.75, 3.05) is 51.8 Å². The number of guanidine groups is 1. The second-order valence-electron chi connectivity index (χ2n) is 5.83. The highest BCUT2D eigenvalue weighted by molar-refractivity contribution is 7.98. The molecule has 0 aromatic rings. The Bertz CT molecular complexity index is 356. The van der Waals surface area contributed by atoms with E-state index in [2.05, 4.69) is 39.0 Å². The van der Waals surface area contributed by atoms with Crippen LogP contribution in [-0.4, -0.2) is 74.6 Å². The first-order chi connectivity index (χ1) is 11.2. The molecule has 1 saturated heterocycles. The zero-order valence-electron chi connectivity index (χ0n) is 14.9. The van der Waals surface area contributed by atoms with Gasteiger partial charge in [-0.3, -0.25) is 14.7 Å². The average Bonchev–Trinajstić information content (AvgIpc) is 2.56. The van der Waals surface area contributed by atoms with E-state index in [9.17, 15) is 4.79 Å². The van der Waals surface area contributed by atoms with E-state index in [-0.39, 0.29) is 5.91 Å². The minimum atomic E-state index is 0.0940. The molecule has 1 amide bonds. The summed E-state index contributed by atoms with van der Waals surface area (Å²) in [5.74, 6) is 2.24. The Hall–Kier alpha value is -0.950. The molecule has 1 rings (SSSR count). The molecule has 0 unspecified atom stereocenters. The third kappa shape index (κ3) is 9.05. The Kier molecular flexibility index (Phi) is 10.9. The van der Waals surface area contributed by atoms with Crippen molar-refractivity contribution in [2.45, 2.75) is 38.6 Å². The summed E-state index contributed by atoms with van der Waals surface area (Å²) in [6, 6.07) is 0.444. The Morgan fingerprint density at radius 3 is 2.65 bits per heavy atom. The summed E-state index contributed by atoms with van der Waals surface area (Å²) in [6.45, 7) is 6.28. The molecule has 7 heteroatoms. The van der Waals surface area contributed by atoms with Gasteiger partial charge < -0.3 is 16.0 Å². The van der Waals surface area contributed by atoms with Gasteiger partial charge in [-0.15, -0.1) is 0 Å². The lowest BCUT2D eigenvalue weighted by molar-refractivity contribution is -0.122. The largest absolute Gasteiger partial charge is 0.358 e. The molecule has 1 fully saturated rings. The molecule has 23 heavy (non-hydrogen) atoms. The maximum atomic E-state index is 11.4. The average molecular weight is 344 g/mol. The fourth-order valence-electron chi connectivity index (χ4n) is 2.58. The summed E-state index contributed by atoms with van der Waals surface area (Å²) in [4.78, 5) is 18.3. The highest BCUT2D eigenvalue weighted by Gasteiger charge is 2.21. The van der Waals surface area contributed by atoms with Crippen LogP contribution in [-0.2, 0) is 4.79 Å². The predicted molar refractivity (Wildman–Crippen MR) is 100 cm³/mol. The Morgan fingerprint density at radius 2 is 2.04 bits per heavy atom. The number of hydrogen-bond acceptors (Lipinski definition) is 4. The van der Waals surface area contributed by atoms with E-state index >= 15 is 0 Å². The van der Waals surface area contributed by atoms with Crippen LogP contribution in [0.15, 0.2) is 4.99 Å². The summed E-state index contributed by atoms with van der Waals surface area (Å²) in [6.07, 6.45) is 6.61. The number of hydrogen-bond donors (Lipinski definition) is 3. The van der Waals surface area contributed by atoms with Crippen LogP contribution in [0.5, 0.6) is 0 Å². The molecule has 0 aliphatic carbocycles. The lowest BCUT2D eigenvalue weighted by atomic mass is 10.1. The van der Waals surface area contributed by atoms with E-state index in [0.29, 0.717) is 12.6 Å². The van der Waals surface area contributed by atoms with Crippen molar-refractivity contribution in [3.8, 4) is 0 Å². The topological polar surface area (TPSA) is 68.8 Å². The molecule has 0 aromatic heterocycles. The molecule has 0 spiro atoms. The number of amides is 1. The smallest absolute Gasteiger partial charge is 0.233 e. The molecule has 134 valence electrons. The fraction of sp³-hybridized carbons (Fsp3) is 0.875. The van der Waals surface area contributed by atoms with Crippen molar-refractivity contribution in [1.29, 1.82) is 0 Å². The van der Waals surface area contributed by atoms with Crippen LogP contribution >= 0.6 is 11.8 Å². The molecule has 0 radical (unpaired) electrons. The van der Waals surface area contributed by atoms with E-state index in [1.54, 1.807) is 7.05 Å². The van der Waals surface area contributed by atoms with Gasteiger partial charge in [-0.25, -0.2) is 0 Å². The third-order valence-electron chi connectivity index (χ3n) is 3.95. The second kappa shape index (κ2) is 12.5. The zero-order chi connectivity index (χ0) is 16.9. The maximum Gasteiger partial charge on any atom is 0.233 e. The summed E-state index contributed by atoms with van der Waals surface area (Å²) in [5, 5.41) is 9.55. The molecule has 6 nitrogen and oxygen atoms in total. The molecule has 0 bridgehead atoms. The number of unbranched alkanes of at least 4 members (excludes halogenated alkanes) is 1. The first kappa shape index (κ1) is 20.1. The van der Waals surface area contributed by atoms with Crippen LogP contribution in [0.4, 0.5) is 0 Å². The van der Waals surface area contributed by atoms with Crippen molar-refractivity contribution >= 4 is 23.6 Å². The molecule has 1 heterocycles. The predicted octanol–water partition coefficient (Wildman–Crippen LogP) is 0.895. The summed E-state index contributed by atoms with van der Waals surface area (Å²) >= 11 is 1.89. The number of nitrogens with zero attached hydrogens (tertiary/aromatic N) is 2. The van der Waals surface area contributed by atoms with Gasteiger partial charge in [0.05, 0.1) is 6.54 Å². The van der Waals surface area contributed by atoms with Crippen LogP contribution in [0.25, 0.3) is 0 Å². The lowest BCUT2D eigenvalue weighted by Gasteiger charge is -2.32. The van der Waals surface area contributed by atoms with Gasteiger partial charge in [-0.2, -0.15) is 11.8 Å². The maximum absolute atomic E-state index is 11.4. The number of likely N-dealkylation sites (tertiary alicyclic amines) is 1. The summed E-state index contributed by atoms with van der Waals surface area (Å²) in [5.41, 5.74) is 0. The van der Waals surface area contributed by atoms with Gasteiger partial charge in [0.25, 0.3) is 0 Å². The van der Waals surface area contributed by atoms with Crippen LogP contribution in [0.1, 0.15) is 32.6 Å². The van der Waals surface area contributed by atoms with Gasteiger partial charge in [-0.05, 0) is 44.6 Å². The number of carbonyl (C=O) groups is 1. The highest BCUT2D eigenvalue weighted by atomic mass is 32.2. The van der Waals surface area contributed by atoms with Gasteiger partial charge in [0.2, 0.25) is 5.91 Å². The third-order valence-corrected chi connectivity index (χ3v) is 4.64. The van der Waals surface area contributed by atoms with Crippen LogP contribution in [0, 0.1) is 0 Å². The van der Waals surface area contributed by atoms with Gasteiger partial charge in [0, 0.05) is 39.3 Å². The molecular formula is C16H33N5OS. The lowest BCUT2D eigenvalue weighted by Crippen LogP contribution is -2.50. The molecular weight excluding hydrogens is 310 g/mol. The Balaban J connectivity index is 2.31. The number of thioether (sulfide) groups is 1. The number of piperidine rings is 1. The number of rotatable bonds is 9. The molecule has 0 atom stereocenters. The minimum Gasteiger partial charge on any atom is -0.358 e.